The van der Waals surface area contributed by atoms with Gasteiger partial charge in [0.05, 0.1) is 5.52 Å². The van der Waals surface area contributed by atoms with Gasteiger partial charge in [-0.15, -0.1) is 0 Å². The van der Waals surface area contributed by atoms with Gasteiger partial charge in [0.15, 0.2) is 0 Å². The Bertz CT molecular complexity index is 504. The molecule has 1 aromatic heterocycles. The summed E-state index contributed by atoms with van der Waals surface area (Å²) in [6, 6.07) is 9.01. The number of fused-ring (bicyclic) bond motifs is 1. The second kappa shape index (κ2) is 6.30. The highest BCUT2D eigenvalue weighted by Crippen LogP contribution is 2.22. The molecule has 3 heteroatoms. The zero-order chi connectivity index (χ0) is 13.0. The topological polar surface area (TPSA) is 30.9 Å². The normalized spacial score (nSPS) is 13.1. The molecule has 0 aliphatic rings. The minimum Gasteiger partial charge on any atom is -0.346 e. The molecule has 0 bridgehead atoms. The standard InChI is InChI=1S/C15H22N2S/c1-3-14(16)11-13-6-4-5-12-7-8-17(15(12)13)9-10-18-2/h4-8,14H,3,9-11,16H2,1-2H3. The van der Waals surface area contributed by atoms with Crippen LogP contribution in [0.15, 0.2) is 30.5 Å². The van der Waals surface area contributed by atoms with E-state index in [1.165, 1.54) is 16.5 Å². The number of para-hydroxylation sites is 1. The molecule has 98 valence electrons. The molecule has 1 aromatic carbocycles. The third-order valence-electron chi connectivity index (χ3n) is 3.41. The summed E-state index contributed by atoms with van der Waals surface area (Å²) in [4.78, 5) is 0. The predicted octanol–water partition coefficient (Wildman–Crippen LogP) is 3.28. The Morgan fingerprint density at radius 2 is 2.17 bits per heavy atom. The van der Waals surface area contributed by atoms with Crippen LogP contribution in [0.25, 0.3) is 10.9 Å². The van der Waals surface area contributed by atoms with Crippen molar-refractivity contribution in [2.45, 2.75) is 32.4 Å². The minimum absolute atomic E-state index is 0.263. The summed E-state index contributed by atoms with van der Waals surface area (Å²) in [7, 11) is 0. The Morgan fingerprint density at radius 1 is 1.33 bits per heavy atom. The molecule has 0 spiro atoms. The van der Waals surface area contributed by atoms with Crippen LogP contribution in [-0.4, -0.2) is 22.6 Å². The first-order valence-corrected chi connectivity index (χ1v) is 7.97. The van der Waals surface area contributed by atoms with E-state index in [1.807, 2.05) is 11.8 Å². The molecule has 1 unspecified atom stereocenters. The fourth-order valence-corrected chi connectivity index (χ4v) is 2.69. The number of rotatable bonds is 6. The molecule has 2 rings (SSSR count). The van der Waals surface area contributed by atoms with Crippen molar-refractivity contribution in [3.8, 4) is 0 Å². The van der Waals surface area contributed by atoms with E-state index in [0.717, 1.165) is 25.1 Å². The summed E-state index contributed by atoms with van der Waals surface area (Å²) >= 11 is 1.89. The maximum absolute atomic E-state index is 6.10. The lowest BCUT2D eigenvalue weighted by molar-refractivity contribution is 0.646. The zero-order valence-electron chi connectivity index (χ0n) is 11.2. The van der Waals surface area contributed by atoms with Crippen molar-refractivity contribution < 1.29 is 0 Å². The first-order chi connectivity index (χ1) is 8.76. The van der Waals surface area contributed by atoms with Gasteiger partial charge in [0.25, 0.3) is 0 Å². The van der Waals surface area contributed by atoms with Gasteiger partial charge in [-0.1, -0.05) is 25.1 Å². The molecule has 2 aromatic rings. The molecule has 0 radical (unpaired) electrons. The van der Waals surface area contributed by atoms with Gasteiger partial charge in [-0.2, -0.15) is 11.8 Å². The highest BCUT2D eigenvalue weighted by molar-refractivity contribution is 7.98. The van der Waals surface area contributed by atoms with Crippen LogP contribution in [-0.2, 0) is 13.0 Å². The number of benzene rings is 1. The van der Waals surface area contributed by atoms with E-state index in [9.17, 15) is 0 Å². The molecule has 0 aliphatic carbocycles. The molecule has 0 saturated heterocycles. The van der Waals surface area contributed by atoms with Gasteiger partial charge >= 0.3 is 0 Å². The third kappa shape index (κ3) is 2.90. The third-order valence-corrected chi connectivity index (χ3v) is 4.01. The van der Waals surface area contributed by atoms with Crippen LogP contribution < -0.4 is 5.73 Å². The van der Waals surface area contributed by atoms with E-state index in [1.54, 1.807) is 0 Å². The minimum atomic E-state index is 0.263. The van der Waals surface area contributed by atoms with Gasteiger partial charge in [-0.05, 0) is 36.1 Å². The first kappa shape index (κ1) is 13.5. The van der Waals surface area contributed by atoms with E-state index < -0.39 is 0 Å². The average molecular weight is 262 g/mol. The second-order valence-corrected chi connectivity index (χ2v) is 5.71. The molecule has 0 aliphatic heterocycles. The van der Waals surface area contributed by atoms with Crippen molar-refractivity contribution >= 4 is 22.7 Å². The Balaban J connectivity index is 2.35. The van der Waals surface area contributed by atoms with E-state index in [4.69, 9.17) is 5.73 Å². The van der Waals surface area contributed by atoms with Crippen LogP contribution in [0, 0.1) is 0 Å². The van der Waals surface area contributed by atoms with E-state index in [2.05, 4.69) is 48.2 Å². The number of hydrogen-bond donors (Lipinski definition) is 1. The van der Waals surface area contributed by atoms with Crippen LogP contribution in [0.3, 0.4) is 0 Å². The van der Waals surface area contributed by atoms with Crippen molar-refractivity contribution in [3.05, 3.63) is 36.0 Å². The Labute approximate surface area is 114 Å². The van der Waals surface area contributed by atoms with E-state index >= 15 is 0 Å². The highest BCUT2D eigenvalue weighted by atomic mass is 32.2. The first-order valence-electron chi connectivity index (χ1n) is 6.57. The Morgan fingerprint density at radius 3 is 2.89 bits per heavy atom. The highest BCUT2D eigenvalue weighted by Gasteiger charge is 2.09. The summed E-state index contributed by atoms with van der Waals surface area (Å²) in [6.45, 7) is 3.22. The van der Waals surface area contributed by atoms with Gasteiger partial charge in [0.2, 0.25) is 0 Å². The number of thioether (sulfide) groups is 1. The Kier molecular flexibility index (Phi) is 4.72. The van der Waals surface area contributed by atoms with Gasteiger partial charge in [-0.25, -0.2) is 0 Å². The molecule has 0 saturated carbocycles. The lowest BCUT2D eigenvalue weighted by atomic mass is 10.0. The second-order valence-electron chi connectivity index (χ2n) is 4.73. The van der Waals surface area contributed by atoms with Gasteiger partial charge in [0, 0.05) is 24.5 Å². The van der Waals surface area contributed by atoms with Crippen LogP contribution >= 0.6 is 11.8 Å². The van der Waals surface area contributed by atoms with E-state index in [0.29, 0.717) is 0 Å². The predicted molar refractivity (Wildman–Crippen MR) is 82.3 cm³/mol. The van der Waals surface area contributed by atoms with Gasteiger partial charge in [-0.3, -0.25) is 0 Å². The summed E-state index contributed by atoms with van der Waals surface area (Å²) < 4.78 is 2.36. The fraction of sp³-hybridized carbons (Fsp3) is 0.467. The lowest BCUT2D eigenvalue weighted by Crippen LogP contribution is -2.21. The van der Waals surface area contributed by atoms with Crippen molar-refractivity contribution in [2.24, 2.45) is 5.73 Å². The molecule has 0 amide bonds. The van der Waals surface area contributed by atoms with Gasteiger partial charge < -0.3 is 10.3 Å². The SMILES string of the molecule is CCC(N)Cc1cccc2ccn(CCSC)c12. The summed E-state index contributed by atoms with van der Waals surface area (Å²) in [5, 5.41) is 1.33. The quantitative estimate of drug-likeness (QED) is 0.866. The summed E-state index contributed by atoms with van der Waals surface area (Å²) in [6.07, 6.45) is 6.35. The van der Waals surface area contributed by atoms with E-state index in [-0.39, 0.29) is 6.04 Å². The van der Waals surface area contributed by atoms with Crippen LogP contribution in [0.2, 0.25) is 0 Å². The van der Waals surface area contributed by atoms with Crippen molar-refractivity contribution in [3.63, 3.8) is 0 Å². The summed E-state index contributed by atoms with van der Waals surface area (Å²) in [5.74, 6) is 1.15. The monoisotopic (exact) mass is 262 g/mol. The largest absolute Gasteiger partial charge is 0.346 e. The molecule has 0 fully saturated rings. The number of hydrogen-bond acceptors (Lipinski definition) is 2. The smallest absolute Gasteiger partial charge is 0.0513 e. The number of nitrogens with zero attached hydrogens (tertiary/aromatic N) is 1. The maximum atomic E-state index is 6.10. The molecule has 2 nitrogen and oxygen atoms in total. The molecule has 1 heterocycles. The molecule has 1 atom stereocenters. The van der Waals surface area contributed by atoms with Crippen molar-refractivity contribution in [1.29, 1.82) is 0 Å². The van der Waals surface area contributed by atoms with Crippen LogP contribution in [0.4, 0.5) is 0 Å². The van der Waals surface area contributed by atoms with Crippen LogP contribution in [0.1, 0.15) is 18.9 Å². The lowest BCUT2D eigenvalue weighted by Gasteiger charge is -2.13. The molecule has 18 heavy (non-hydrogen) atoms. The maximum Gasteiger partial charge on any atom is 0.0513 e. The molecular formula is C15H22N2S. The number of aromatic nitrogens is 1. The number of aryl methyl sites for hydroxylation is 1. The average Bonchev–Trinajstić information content (AvgIpc) is 2.80. The van der Waals surface area contributed by atoms with Crippen molar-refractivity contribution in [1.82, 2.24) is 4.57 Å². The fourth-order valence-electron chi connectivity index (χ4n) is 2.31. The van der Waals surface area contributed by atoms with Gasteiger partial charge in [0.1, 0.15) is 0 Å². The van der Waals surface area contributed by atoms with Crippen molar-refractivity contribution in [2.75, 3.05) is 12.0 Å². The number of nitrogens with two attached hydrogens (primary N) is 1. The molecule has 2 N–H and O–H groups in total. The Hall–Kier alpha value is -0.930. The molecular weight excluding hydrogens is 240 g/mol. The van der Waals surface area contributed by atoms with Crippen LogP contribution in [0.5, 0.6) is 0 Å². The zero-order valence-corrected chi connectivity index (χ0v) is 12.0. The summed E-state index contributed by atoms with van der Waals surface area (Å²) in [5.41, 5.74) is 8.85.